The first-order valence-electron chi connectivity index (χ1n) is 41.3. The Morgan fingerprint density at radius 3 is 0.698 bits per heavy atom. The maximum atomic E-state index is 9.00. The molecule has 0 unspecified atom stereocenters. The summed E-state index contributed by atoms with van der Waals surface area (Å²) in [5.41, 5.74) is 15.3. The third-order valence-electron chi connectivity index (χ3n) is 16.4. The Kier molecular flexibility index (Phi) is 64.0. The Morgan fingerprint density at radius 1 is 0.310 bits per heavy atom. The minimum Gasteiger partial charge on any atom is -0.493 e. The number of carbonyl (C=O) groups is 4. The molecule has 0 saturated heterocycles. The molecule has 0 aromatic heterocycles. The molecule has 0 saturated carbocycles. The van der Waals surface area contributed by atoms with Gasteiger partial charge < -0.3 is 44.1 Å². The van der Waals surface area contributed by atoms with Gasteiger partial charge in [-0.3, -0.25) is 19.2 Å². The Bertz CT molecular complexity index is 3880. The van der Waals surface area contributed by atoms with Crippen molar-refractivity contribution in [3.63, 3.8) is 0 Å². The Hall–Kier alpha value is -9.37. The van der Waals surface area contributed by atoms with Crippen LogP contribution in [0.1, 0.15) is 264 Å². The van der Waals surface area contributed by atoms with E-state index >= 15 is 0 Å². The van der Waals surface area contributed by atoms with Crippen LogP contribution < -0.4 is 18.9 Å². The molecule has 0 heterocycles. The van der Waals surface area contributed by atoms with Gasteiger partial charge in [0.15, 0.2) is 0 Å². The third kappa shape index (κ3) is 62.0. The van der Waals surface area contributed by atoms with Crippen molar-refractivity contribution in [2.75, 3.05) is 40.1 Å². The monoisotopic (exact) mass is 1790 g/mol. The van der Waals surface area contributed by atoms with Gasteiger partial charge in [-0.25, -0.2) is 0 Å². The van der Waals surface area contributed by atoms with Crippen molar-refractivity contribution < 1.29 is 85.1 Å². The number of rotatable bonds is 40. The number of aliphatic carboxylic acids is 4. The van der Waals surface area contributed by atoms with Crippen LogP contribution in [0, 0.1) is 17.4 Å². The first kappa shape index (κ1) is 105. The second-order valence-corrected chi connectivity index (χ2v) is 28.6. The van der Waals surface area contributed by atoms with Crippen LogP contribution in [0.2, 0.25) is 0 Å². The third-order valence-corrected chi connectivity index (χ3v) is 17.1. The van der Waals surface area contributed by atoms with Gasteiger partial charge in [0, 0.05) is 77.5 Å². The number of methoxy groups -OCH3 is 1. The summed E-state index contributed by atoms with van der Waals surface area (Å²) in [6, 6.07) is 63.8. The van der Waals surface area contributed by atoms with E-state index in [-0.39, 0.29) is 27.5 Å². The van der Waals surface area contributed by atoms with Gasteiger partial charge in [-0.1, -0.05) is 349 Å². The molecule has 0 spiro atoms. The van der Waals surface area contributed by atoms with E-state index in [2.05, 4.69) is 308 Å². The van der Waals surface area contributed by atoms with E-state index in [4.69, 9.17) is 64.7 Å². The molecule has 0 fully saturated rings. The van der Waals surface area contributed by atoms with Crippen LogP contribution in [0.3, 0.4) is 0 Å². The predicted octanol–water partition coefficient (Wildman–Crippen LogP) is 28.2. The van der Waals surface area contributed by atoms with E-state index in [9.17, 15) is 0 Å². The summed E-state index contributed by atoms with van der Waals surface area (Å²) >= 11 is 2.30. The summed E-state index contributed by atoms with van der Waals surface area (Å²) in [4.78, 5) is 36.0. The zero-order valence-corrected chi connectivity index (χ0v) is 74.6. The van der Waals surface area contributed by atoms with Gasteiger partial charge in [0.05, 0.1) is 27.8 Å². The molecule has 0 radical (unpaired) electrons. The van der Waals surface area contributed by atoms with Gasteiger partial charge in [-0.05, 0) is 166 Å². The number of hydrogen-bond donors (Lipinski definition) is 4. The Balaban J connectivity index is 0.00000165. The standard InChI is InChI=1S/C43H50O2.C36H44O2.C7H7I.C7H16O.4C2H4O2.Pd/c1-4-6-8-10-30-44-42-32-41(33-43(34-42)45-31-11-9-7-5-2)29-28-40-26-24-39(25-27-40)23-22-38-20-18-37(19-21-38)17-16-36-14-12-35(3)13-15-36;1-4-7-9-11-25-37-35-27-34(28-36(29-35)38-26-12-10-8-5-2)24-23-33-21-19-32(20-22-33)18-17-31-15-13-30(6-3)14-16-31;1-6-2-4-7(8)5-3-6;1-3-4-5-6-7-8-2;4*1-2(3)4;/h12-29,32-34H,4-11,30-31H2,1-3H3;6,13-24,27-29H,3-5,7-12,25-26H2,1-2H3;2-5H,1H3;3-7H2,1-2H3;4*1H3,(H,3,4);/b17-16+,23-22+,29-28+;18-17+,24-23+;;;;;;;/i;;;2T;;;;;. The molecular formula is C101H133IO13Pd. The van der Waals surface area contributed by atoms with E-state index in [1.807, 2.05) is 18.2 Å². The molecule has 8 aromatic carbocycles. The second kappa shape index (κ2) is 71.0. The molecule has 0 bridgehead atoms. The van der Waals surface area contributed by atoms with E-state index in [1.165, 1.54) is 144 Å². The second-order valence-electron chi connectivity index (χ2n) is 27.4. The van der Waals surface area contributed by atoms with Crippen LogP contribution >= 0.6 is 22.6 Å². The maximum Gasteiger partial charge on any atom is 0.300 e. The molecular weight excluding hydrogens is 1650 g/mol. The number of halogens is 1. The number of hydrogen-bond acceptors (Lipinski definition) is 9. The van der Waals surface area contributed by atoms with Crippen LogP contribution in [0.25, 0.3) is 66.8 Å². The largest absolute Gasteiger partial charge is 0.493 e. The smallest absolute Gasteiger partial charge is 0.300 e. The first-order valence-corrected chi connectivity index (χ1v) is 41.7. The summed E-state index contributed by atoms with van der Waals surface area (Å²) < 4.78 is 37.3. The quantitative estimate of drug-likeness (QED) is 0.0123. The predicted molar refractivity (Wildman–Crippen MR) is 496 cm³/mol. The van der Waals surface area contributed by atoms with Gasteiger partial charge in [-0.15, -0.1) is 0 Å². The summed E-state index contributed by atoms with van der Waals surface area (Å²) in [6.45, 7) is 27.2. The van der Waals surface area contributed by atoms with Gasteiger partial charge in [0.25, 0.3) is 23.9 Å². The molecule has 632 valence electrons. The summed E-state index contributed by atoms with van der Waals surface area (Å²) in [5, 5.41) is 29.7. The van der Waals surface area contributed by atoms with Crippen molar-refractivity contribution in [3.05, 3.63) is 264 Å². The fraction of sp³-hybridized carbons (Fsp3) is 0.366. The van der Waals surface area contributed by atoms with Gasteiger partial charge in [0.1, 0.15) is 23.0 Å². The normalized spacial score (nSPS) is 10.5. The van der Waals surface area contributed by atoms with Gasteiger partial charge >= 0.3 is 0 Å². The van der Waals surface area contributed by atoms with E-state index in [0.717, 1.165) is 144 Å². The van der Waals surface area contributed by atoms with E-state index in [1.54, 1.807) is 0 Å². The molecule has 0 aliphatic rings. The molecule has 0 amide bonds. The maximum absolute atomic E-state index is 9.00. The Morgan fingerprint density at radius 2 is 0.500 bits per heavy atom. The summed E-state index contributed by atoms with van der Waals surface area (Å²) in [7, 11) is 0.117. The fourth-order valence-electron chi connectivity index (χ4n) is 10.3. The van der Waals surface area contributed by atoms with Crippen LogP contribution in [0.5, 0.6) is 23.0 Å². The molecule has 15 heteroatoms. The van der Waals surface area contributed by atoms with Crippen molar-refractivity contribution in [3.8, 4) is 23.0 Å². The molecule has 8 aromatic rings. The van der Waals surface area contributed by atoms with Crippen molar-refractivity contribution in [2.45, 2.75) is 205 Å². The molecule has 0 aliphatic carbocycles. The Labute approximate surface area is 725 Å². The minimum atomic E-state index is -0.833. The zero-order chi connectivity index (χ0) is 85.6. The zero-order valence-electron chi connectivity index (χ0n) is 71.9. The number of carboxylic acid groups (broad SMARTS) is 4. The van der Waals surface area contributed by atoms with E-state index < -0.39 is 23.9 Å². The van der Waals surface area contributed by atoms with Gasteiger partial charge in [-0.2, -0.15) is 0 Å². The topological polar surface area (TPSA) is 195 Å². The van der Waals surface area contributed by atoms with Crippen molar-refractivity contribution in [2.24, 2.45) is 0 Å². The van der Waals surface area contributed by atoms with Gasteiger partial charge in [0.2, 0.25) is 0 Å². The van der Waals surface area contributed by atoms with Crippen molar-refractivity contribution in [1.29, 1.82) is 0 Å². The summed E-state index contributed by atoms with van der Waals surface area (Å²) in [5.74, 6) is 0.198. The molecule has 0 atom stereocenters. The fourth-order valence-corrected chi connectivity index (χ4v) is 10.7. The molecule has 8 rings (SSSR count). The van der Waals surface area contributed by atoms with Crippen LogP contribution in [0.4, 0.5) is 0 Å². The van der Waals surface area contributed by atoms with Crippen LogP contribution in [-0.2, 0) is 44.3 Å². The van der Waals surface area contributed by atoms with Crippen LogP contribution in [-0.4, -0.2) is 84.4 Å². The van der Waals surface area contributed by atoms with Crippen LogP contribution in [0.15, 0.2) is 189 Å². The number of carboxylic acids is 4. The first-order chi connectivity index (χ1) is 55.9. The molecule has 13 nitrogen and oxygen atoms in total. The van der Waals surface area contributed by atoms with Crippen molar-refractivity contribution >= 4 is 113 Å². The number of ether oxygens (including phenoxy) is 5. The number of unbranched alkanes of at least 4 members (excludes halogenated alkanes) is 15. The molecule has 4 N–H and O–H groups in total. The number of benzene rings is 8. The SMILES string of the molecule is C=Cc1ccc(/C=C/c2ccc(/C=C/c3cc(OCCCCCC)cc(OCCCCCC)c3)cc2)cc1.CC(=O)O.CC(=O)O.CC(=O)O.CC(=O)O.CCCCCCOc1cc(/C=C/c2ccc(/C=C/c3ccc(/C=C/c4ccc(C)cc4)cc3)cc2)cc(OCCCCCC)c1.Cc1ccc(I)cc1.[3H]COCCCCCC.[Pd]. The van der Waals surface area contributed by atoms with E-state index in [0.29, 0.717) is 0 Å². The minimum absolute atomic E-state index is 0. The average molecular weight is 1790 g/mol. The number of aryl methyl sites for hydroxylation is 2. The average Bonchev–Trinajstić information content (AvgIpc) is 0.882. The summed E-state index contributed by atoms with van der Waals surface area (Å²) in [6.07, 6.45) is 47.4. The molecule has 0 aliphatic heterocycles. The van der Waals surface area contributed by atoms with Crippen molar-refractivity contribution in [1.82, 2.24) is 0 Å². The molecule has 116 heavy (non-hydrogen) atoms.